The first-order chi connectivity index (χ1) is 14.3. The molecule has 156 valence electrons. The van der Waals surface area contributed by atoms with Gasteiger partial charge in [0.05, 0.1) is 19.9 Å². The van der Waals surface area contributed by atoms with Gasteiger partial charge in [-0.15, -0.1) is 0 Å². The van der Waals surface area contributed by atoms with Gasteiger partial charge in [0.1, 0.15) is 12.4 Å². The molecule has 0 aliphatic heterocycles. The molecular formula is C21H20FN3O5. The van der Waals surface area contributed by atoms with E-state index in [1.54, 1.807) is 25.1 Å². The quantitative estimate of drug-likeness (QED) is 0.625. The van der Waals surface area contributed by atoms with E-state index in [4.69, 9.17) is 9.47 Å². The van der Waals surface area contributed by atoms with Gasteiger partial charge in [-0.3, -0.25) is 23.5 Å². The molecule has 0 saturated carbocycles. The fourth-order valence-electron chi connectivity index (χ4n) is 2.93. The van der Waals surface area contributed by atoms with Gasteiger partial charge in [0.15, 0.2) is 11.5 Å². The molecule has 1 aromatic heterocycles. The molecule has 0 spiro atoms. The molecule has 0 aliphatic rings. The summed E-state index contributed by atoms with van der Waals surface area (Å²) in [5.41, 5.74) is -0.455. The maximum atomic E-state index is 13.6. The predicted octanol–water partition coefficient (Wildman–Crippen LogP) is 2.10. The number of hydrogen-bond acceptors (Lipinski definition) is 5. The first-order valence-electron chi connectivity index (χ1n) is 8.94. The van der Waals surface area contributed by atoms with Gasteiger partial charge in [-0.2, -0.15) is 0 Å². The number of carbonyl (C=O) groups excluding carboxylic acids is 1. The van der Waals surface area contributed by atoms with Gasteiger partial charge in [0.2, 0.25) is 5.91 Å². The summed E-state index contributed by atoms with van der Waals surface area (Å²) in [6.45, 7) is 1.33. The van der Waals surface area contributed by atoms with E-state index in [9.17, 15) is 18.8 Å². The first-order valence-corrected chi connectivity index (χ1v) is 8.94. The minimum atomic E-state index is -0.899. The van der Waals surface area contributed by atoms with Crippen LogP contribution >= 0.6 is 0 Å². The summed E-state index contributed by atoms with van der Waals surface area (Å²) in [5, 5.41) is 2.63. The SMILES string of the molecule is COc1ccc(NC(=O)Cn2ccn(-c3cc(F)ccc3C)c(=O)c2=O)cc1OC. The molecule has 0 bridgehead atoms. The van der Waals surface area contributed by atoms with E-state index in [-0.39, 0.29) is 12.2 Å². The zero-order valence-corrected chi connectivity index (χ0v) is 16.6. The van der Waals surface area contributed by atoms with Gasteiger partial charge in [-0.05, 0) is 36.8 Å². The van der Waals surface area contributed by atoms with Crippen LogP contribution < -0.4 is 25.9 Å². The highest BCUT2D eigenvalue weighted by molar-refractivity contribution is 5.90. The maximum Gasteiger partial charge on any atom is 0.320 e. The lowest BCUT2D eigenvalue weighted by molar-refractivity contribution is -0.116. The molecule has 9 heteroatoms. The highest BCUT2D eigenvalue weighted by Gasteiger charge is 2.13. The van der Waals surface area contributed by atoms with E-state index >= 15 is 0 Å². The van der Waals surface area contributed by atoms with Crippen LogP contribution in [-0.4, -0.2) is 29.3 Å². The summed E-state index contributed by atoms with van der Waals surface area (Å²) in [5.74, 6) is -0.104. The van der Waals surface area contributed by atoms with Gasteiger partial charge < -0.3 is 14.8 Å². The van der Waals surface area contributed by atoms with Crippen LogP contribution in [0.4, 0.5) is 10.1 Å². The van der Waals surface area contributed by atoms with Crippen LogP contribution in [0.3, 0.4) is 0 Å². The minimum Gasteiger partial charge on any atom is -0.493 e. The molecule has 0 radical (unpaired) electrons. The lowest BCUT2D eigenvalue weighted by Crippen LogP contribution is -2.41. The second kappa shape index (κ2) is 8.64. The number of hydrogen-bond donors (Lipinski definition) is 1. The maximum absolute atomic E-state index is 13.6. The zero-order chi connectivity index (χ0) is 21.8. The fraction of sp³-hybridized carbons (Fsp3) is 0.190. The van der Waals surface area contributed by atoms with Crippen LogP contribution in [0.15, 0.2) is 58.4 Å². The number of nitrogens with zero attached hydrogens (tertiary/aromatic N) is 2. The number of amides is 1. The molecular weight excluding hydrogens is 393 g/mol. The third-order valence-corrected chi connectivity index (χ3v) is 4.47. The van der Waals surface area contributed by atoms with Gasteiger partial charge in [-0.1, -0.05) is 6.07 Å². The highest BCUT2D eigenvalue weighted by atomic mass is 19.1. The molecule has 0 atom stereocenters. The number of anilines is 1. The summed E-state index contributed by atoms with van der Waals surface area (Å²) in [4.78, 5) is 37.3. The minimum absolute atomic E-state index is 0.263. The van der Waals surface area contributed by atoms with Crippen LogP contribution in [0.5, 0.6) is 11.5 Å². The van der Waals surface area contributed by atoms with Gasteiger partial charge in [-0.25, -0.2) is 4.39 Å². The Morgan fingerprint density at radius 3 is 2.43 bits per heavy atom. The second-order valence-electron chi connectivity index (χ2n) is 6.46. The van der Waals surface area contributed by atoms with Crippen molar-refractivity contribution in [3.63, 3.8) is 0 Å². The summed E-state index contributed by atoms with van der Waals surface area (Å²) in [6.07, 6.45) is 2.64. The number of rotatable bonds is 6. The molecule has 1 heterocycles. The van der Waals surface area contributed by atoms with Crippen molar-refractivity contribution in [3.05, 3.63) is 80.9 Å². The predicted molar refractivity (Wildman–Crippen MR) is 109 cm³/mol. The number of aromatic nitrogens is 2. The number of carbonyl (C=O) groups is 1. The lowest BCUT2D eigenvalue weighted by atomic mass is 10.2. The number of aryl methyl sites for hydroxylation is 1. The second-order valence-corrected chi connectivity index (χ2v) is 6.46. The summed E-state index contributed by atoms with van der Waals surface area (Å²) >= 11 is 0. The van der Waals surface area contributed by atoms with Crippen molar-refractivity contribution in [1.29, 1.82) is 0 Å². The lowest BCUT2D eigenvalue weighted by Gasteiger charge is -2.12. The topological polar surface area (TPSA) is 91.6 Å². The molecule has 0 fully saturated rings. The molecule has 30 heavy (non-hydrogen) atoms. The van der Waals surface area contributed by atoms with Crippen molar-refractivity contribution < 1.29 is 18.7 Å². The fourth-order valence-corrected chi connectivity index (χ4v) is 2.93. The van der Waals surface area contributed by atoms with Crippen LogP contribution in [0.1, 0.15) is 5.56 Å². The van der Waals surface area contributed by atoms with Crippen molar-refractivity contribution in [2.24, 2.45) is 0 Å². The summed E-state index contributed by atoms with van der Waals surface area (Å²) in [6, 6.07) is 8.77. The van der Waals surface area contributed by atoms with Crippen molar-refractivity contribution in [1.82, 2.24) is 9.13 Å². The van der Waals surface area contributed by atoms with E-state index in [1.807, 2.05) is 0 Å². The van der Waals surface area contributed by atoms with Crippen LogP contribution in [0.2, 0.25) is 0 Å². The Morgan fingerprint density at radius 1 is 1.00 bits per heavy atom. The number of methoxy groups -OCH3 is 2. The molecule has 2 aromatic carbocycles. The number of ether oxygens (including phenoxy) is 2. The number of halogens is 1. The van der Waals surface area contributed by atoms with E-state index in [0.29, 0.717) is 22.7 Å². The third kappa shape index (κ3) is 4.24. The average Bonchev–Trinajstić information content (AvgIpc) is 2.73. The Balaban J connectivity index is 1.83. The van der Waals surface area contributed by atoms with Crippen molar-refractivity contribution in [2.75, 3.05) is 19.5 Å². The van der Waals surface area contributed by atoms with E-state index < -0.39 is 22.8 Å². The van der Waals surface area contributed by atoms with Gasteiger partial charge in [0, 0.05) is 24.1 Å². The smallest absolute Gasteiger partial charge is 0.320 e. The molecule has 1 N–H and O–H groups in total. The zero-order valence-electron chi connectivity index (χ0n) is 16.6. The molecule has 0 saturated heterocycles. The Hall–Kier alpha value is -3.88. The molecule has 0 aliphatic carbocycles. The summed E-state index contributed by atoms with van der Waals surface area (Å²) < 4.78 is 25.9. The van der Waals surface area contributed by atoms with Crippen molar-refractivity contribution in [3.8, 4) is 17.2 Å². The van der Waals surface area contributed by atoms with E-state index in [1.165, 1.54) is 44.8 Å². The third-order valence-electron chi connectivity index (χ3n) is 4.47. The highest BCUT2D eigenvalue weighted by Crippen LogP contribution is 2.29. The molecule has 3 aromatic rings. The van der Waals surface area contributed by atoms with Crippen molar-refractivity contribution in [2.45, 2.75) is 13.5 Å². The number of benzene rings is 2. The normalized spacial score (nSPS) is 10.5. The monoisotopic (exact) mass is 413 g/mol. The Bertz CT molecular complexity index is 1220. The largest absolute Gasteiger partial charge is 0.493 e. The van der Waals surface area contributed by atoms with E-state index in [2.05, 4.69) is 5.32 Å². The van der Waals surface area contributed by atoms with Crippen molar-refractivity contribution >= 4 is 11.6 Å². The molecule has 1 amide bonds. The molecule has 8 nitrogen and oxygen atoms in total. The standard InChI is InChI=1S/C21H20FN3O5/c1-13-4-5-14(22)10-16(13)25-9-8-24(20(27)21(25)28)12-19(26)23-15-6-7-17(29-2)18(11-15)30-3/h4-11H,12H2,1-3H3,(H,23,26). The first kappa shape index (κ1) is 20.8. The van der Waals surface area contributed by atoms with Crippen LogP contribution in [0.25, 0.3) is 5.69 Å². The molecule has 0 unspecified atom stereocenters. The van der Waals surface area contributed by atoms with Gasteiger partial charge in [0.25, 0.3) is 0 Å². The average molecular weight is 413 g/mol. The Kier molecular flexibility index (Phi) is 6.01. The van der Waals surface area contributed by atoms with Crippen LogP contribution in [-0.2, 0) is 11.3 Å². The molecule has 3 rings (SSSR count). The summed E-state index contributed by atoms with van der Waals surface area (Å²) in [7, 11) is 2.97. The van der Waals surface area contributed by atoms with Crippen LogP contribution in [0, 0.1) is 12.7 Å². The Labute approximate surface area is 171 Å². The number of nitrogens with one attached hydrogen (secondary N) is 1. The Morgan fingerprint density at radius 2 is 1.73 bits per heavy atom. The van der Waals surface area contributed by atoms with E-state index in [0.717, 1.165) is 9.13 Å². The van der Waals surface area contributed by atoms with Gasteiger partial charge >= 0.3 is 11.1 Å².